The van der Waals surface area contributed by atoms with Gasteiger partial charge < -0.3 is 10.3 Å². The van der Waals surface area contributed by atoms with Crippen LogP contribution in [-0.2, 0) is 5.92 Å². The molecule has 0 bridgehead atoms. The van der Waals surface area contributed by atoms with E-state index in [9.17, 15) is 13.6 Å². The SMILES string of the molecule is Cc1ccccc1-c1c(F)cc(Cl)c(-c2nc(C(=O)Nc3cccc(C(F)(F)C4CC4)c3)c(C)[nH]2)c1C. The third-order valence-electron chi connectivity index (χ3n) is 6.83. The molecule has 1 aliphatic carbocycles. The van der Waals surface area contributed by atoms with Gasteiger partial charge in [0.2, 0.25) is 0 Å². The lowest BCUT2D eigenvalue weighted by atomic mass is 9.93. The molecular weight excluding hydrogens is 499 g/mol. The van der Waals surface area contributed by atoms with Gasteiger partial charge in [0.25, 0.3) is 11.8 Å². The highest BCUT2D eigenvalue weighted by molar-refractivity contribution is 6.33. The molecule has 0 unspecified atom stereocenters. The Labute approximate surface area is 217 Å². The minimum Gasteiger partial charge on any atom is -0.341 e. The van der Waals surface area contributed by atoms with E-state index in [1.807, 2.05) is 31.2 Å². The lowest BCUT2D eigenvalue weighted by molar-refractivity contribution is -0.0285. The van der Waals surface area contributed by atoms with Crippen molar-refractivity contribution in [1.82, 2.24) is 9.97 Å². The summed E-state index contributed by atoms with van der Waals surface area (Å²) in [6, 6.07) is 14.4. The van der Waals surface area contributed by atoms with Crippen molar-refractivity contribution in [1.29, 1.82) is 0 Å². The molecule has 1 saturated carbocycles. The third-order valence-corrected chi connectivity index (χ3v) is 7.13. The number of alkyl halides is 2. The topological polar surface area (TPSA) is 57.8 Å². The van der Waals surface area contributed by atoms with Gasteiger partial charge in [0, 0.05) is 34.0 Å². The molecule has 0 atom stereocenters. The fourth-order valence-corrected chi connectivity index (χ4v) is 5.02. The van der Waals surface area contributed by atoms with Crippen LogP contribution >= 0.6 is 11.6 Å². The molecule has 37 heavy (non-hydrogen) atoms. The molecule has 1 heterocycles. The molecule has 4 nitrogen and oxygen atoms in total. The molecule has 5 rings (SSSR count). The van der Waals surface area contributed by atoms with Crippen LogP contribution in [0, 0.1) is 32.5 Å². The quantitative estimate of drug-likeness (QED) is 0.267. The molecule has 1 aromatic heterocycles. The largest absolute Gasteiger partial charge is 0.341 e. The maximum Gasteiger partial charge on any atom is 0.276 e. The van der Waals surface area contributed by atoms with Gasteiger partial charge in [0.15, 0.2) is 0 Å². The zero-order valence-corrected chi connectivity index (χ0v) is 21.3. The fraction of sp³-hybridized carbons (Fsp3) is 0.241. The minimum atomic E-state index is -2.93. The van der Waals surface area contributed by atoms with Gasteiger partial charge in [-0.3, -0.25) is 4.79 Å². The number of anilines is 1. The van der Waals surface area contributed by atoms with E-state index in [0.717, 1.165) is 11.1 Å². The zero-order chi connectivity index (χ0) is 26.5. The normalized spacial score (nSPS) is 13.6. The molecule has 1 amide bonds. The Morgan fingerprint density at radius 1 is 1.05 bits per heavy atom. The molecule has 0 aliphatic heterocycles. The summed E-state index contributed by atoms with van der Waals surface area (Å²) in [6.07, 6.45) is 0.992. The van der Waals surface area contributed by atoms with Crippen LogP contribution in [0.2, 0.25) is 5.02 Å². The standard InChI is InChI=1S/C29H25ClF3N3O/c1-15-7-4-5-10-21(15)24-16(2)25(22(30)14-23(24)31)27-34-17(3)26(36-27)28(37)35-20-9-6-8-19(13-20)29(32,33)18-11-12-18/h4-10,13-14,18H,11-12H2,1-3H3,(H,34,36)(H,35,37). The number of aromatic amines is 1. The predicted molar refractivity (Wildman–Crippen MR) is 140 cm³/mol. The number of nitrogens with one attached hydrogen (secondary N) is 2. The Hall–Kier alpha value is -3.58. The molecule has 190 valence electrons. The number of benzene rings is 3. The molecule has 8 heteroatoms. The lowest BCUT2D eigenvalue weighted by Crippen LogP contribution is -2.18. The first-order chi connectivity index (χ1) is 17.6. The number of imidazole rings is 1. The Kier molecular flexibility index (Phi) is 6.36. The van der Waals surface area contributed by atoms with Gasteiger partial charge in [-0.25, -0.2) is 18.2 Å². The van der Waals surface area contributed by atoms with E-state index in [1.165, 1.54) is 24.3 Å². The molecule has 4 aromatic rings. The average molecular weight is 524 g/mol. The maximum absolute atomic E-state index is 15.1. The summed E-state index contributed by atoms with van der Waals surface area (Å²) < 4.78 is 44.2. The molecule has 0 spiro atoms. The van der Waals surface area contributed by atoms with E-state index in [-0.39, 0.29) is 22.0 Å². The van der Waals surface area contributed by atoms with E-state index < -0.39 is 23.6 Å². The minimum absolute atomic E-state index is 0.0894. The number of H-pyrrole nitrogens is 1. The highest BCUT2D eigenvalue weighted by atomic mass is 35.5. The Bertz CT molecular complexity index is 1530. The van der Waals surface area contributed by atoms with Crippen molar-refractivity contribution in [3.05, 3.63) is 93.5 Å². The van der Waals surface area contributed by atoms with Crippen molar-refractivity contribution in [2.24, 2.45) is 5.92 Å². The number of amides is 1. The number of halogens is 4. The van der Waals surface area contributed by atoms with Crippen LogP contribution < -0.4 is 5.32 Å². The van der Waals surface area contributed by atoms with E-state index in [2.05, 4.69) is 15.3 Å². The van der Waals surface area contributed by atoms with Gasteiger partial charge in [-0.1, -0.05) is 48.0 Å². The first-order valence-electron chi connectivity index (χ1n) is 12.0. The monoisotopic (exact) mass is 523 g/mol. The third kappa shape index (κ3) is 4.64. The van der Waals surface area contributed by atoms with Crippen LogP contribution in [0.5, 0.6) is 0 Å². The number of nitrogens with zero attached hydrogens (tertiary/aromatic N) is 1. The number of hydrogen-bond donors (Lipinski definition) is 2. The Morgan fingerprint density at radius 2 is 1.78 bits per heavy atom. The van der Waals surface area contributed by atoms with Crippen LogP contribution in [0.1, 0.15) is 45.7 Å². The summed E-state index contributed by atoms with van der Waals surface area (Å²) in [5, 5.41) is 2.83. The van der Waals surface area contributed by atoms with Crippen LogP contribution in [-0.4, -0.2) is 15.9 Å². The number of aromatic nitrogens is 2. The van der Waals surface area contributed by atoms with Crippen molar-refractivity contribution in [2.75, 3.05) is 5.32 Å². The van der Waals surface area contributed by atoms with Gasteiger partial charge in [-0.2, -0.15) is 0 Å². The van der Waals surface area contributed by atoms with Crippen LogP contribution in [0.4, 0.5) is 18.9 Å². The van der Waals surface area contributed by atoms with Crippen LogP contribution in [0.3, 0.4) is 0 Å². The number of hydrogen-bond acceptors (Lipinski definition) is 2. The number of carbonyl (C=O) groups excluding carboxylic acids is 1. The molecular formula is C29H25ClF3N3O. The van der Waals surface area contributed by atoms with Crippen molar-refractivity contribution in [3.8, 4) is 22.5 Å². The first kappa shape index (κ1) is 25.1. The van der Waals surface area contributed by atoms with Gasteiger partial charge in [0.05, 0.1) is 5.02 Å². The molecule has 0 saturated heterocycles. The highest BCUT2D eigenvalue weighted by Gasteiger charge is 2.48. The Balaban J connectivity index is 1.48. The number of aryl methyl sites for hydroxylation is 2. The molecule has 1 aliphatic rings. The smallest absolute Gasteiger partial charge is 0.276 e. The molecule has 1 fully saturated rings. The zero-order valence-electron chi connectivity index (χ0n) is 20.6. The lowest BCUT2D eigenvalue weighted by Gasteiger charge is -2.17. The van der Waals surface area contributed by atoms with Crippen LogP contribution in [0.15, 0.2) is 54.6 Å². The second kappa shape index (κ2) is 9.38. The van der Waals surface area contributed by atoms with Crippen molar-refractivity contribution < 1.29 is 18.0 Å². The van der Waals surface area contributed by atoms with E-state index in [4.69, 9.17) is 11.6 Å². The van der Waals surface area contributed by atoms with E-state index >= 15 is 4.39 Å². The van der Waals surface area contributed by atoms with Crippen LogP contribution in [0.25, 0.3) is 22.5 Å². The van der Waals surface area contributed by atoms with Gasteiger partial charge >= 0.3 is 0 Å². The van der Waals surface area contributed by atoms with Gasteiger partial charge in [0.1, 0.15) is 17.3 Å². The summed E-state index contributed by atoms with van der Waals surface area (Å²) in [7, 11) is 0. The Morgan fingerprint density at radius 3 is 2.49 bits per heavy atom. The van der Waals surface area contributed by atoms with Gasteiger partial charge in [-0.05, 0) is 68.5 Å². The number of rotatable bonds is 6. The second-order valence-electron chi connectivity index (χ2n) is 9.52. The number of carbonyl (C=O) groups is 1. The summed E-state index contributed by atoms with van der Waals surface area (Å²) in [5.41, 5.74) is 3.79. The summed E-state index contributed by atoms with van der Waals surface area (Å²) in [6.45, 7) is 5.34. The summed E-state index contributed by atoms with van der Waals surface area (Å²) in [5.74, 6) is -4.27. The van der Waals surface area contributed by atoms with E-state index in [1.54, 1.807) is 19.9 Å². The van der Waals surface area contributed by atoms with Crippen molar-refractivity contribution in [3.63, 3.8) is 0 Å². The predicted octanol–water partition coefficient (Wildman–Crippen LogP) is 8.22. The first-order valence-corrected chi connectivity index (χ1v) is 12.4. The average Bonchev–Trinajstić information content (AvgIpc) is 3.64. The van der Waals surface area contributed by atoms with E-state index in [0.29, 0.717) is 41.1 Å². The molecule has 3 aromatic carbocycles. The maximum atomic E-state index is 15.1. The molecule has 2 N–H and O–H groups in total. The molecule has 0 radical (unpaired) electrons. The second-order valence-corrected chi connectivity index (χ2v) is 9.93. The van der Waals surface area contributed by atoms with Crippen molar-refractivity contribution in [2.45, 2.75) is 39.5 Å². The van der Waals surface area contributed by atoms with Crippen molar-refractivity contribution >= 4 is 23.2 Å². The summed E-state index contributed by atoms with van der Waals surface area (Å²) >= 11 is 6.46. The van der Waals surface area contributed by atoms with Gasteiger partial charge in [-0.15, -0.1) is 0 Å². The highest BCUT2D eigenvalue weighted by Crippen LogP contribution is 2.50. The summed E-state index contributed by atoms with van der Waals surface area (Å²) in [4.78, 5) is 20.6. The fourth-order valence-electron chi connectivity index (χ4n) is 4.69.